The first-order valence-corrected chi connectivity index (χ1v) is 4.76. The fourth-order valence-corrected chi connectivity index (χ4v) is 1.19. The maximum Gasteiger partial charge on any atom is 0.337 e. The van der Waals surface area contributed by atoms with Crippen molar-refractivity contribution in [1.82, 2.24) is 4.98 Å². The van der Waals surface area contributed by atoms with Crippen molar-refractivity contribution in [3.05, 3.63) is 28.0 Å². The van der Waals surface area contributed by atoms with Gasteiger partial charge in [-0.25, -0.2) is 9.78 Å². The summed E-state index contributed by atoms with van der Waals surface area (Å²) in [6.07, 6.45) is 1.34. The average Bonchev–Trinajstić information content (AvgIpc) is 2.07. The summed E-state index contributed by atoms with van der Waals surface area (Å²) < 4.78 is 0.653. The van der Waals surface area contributed by atoms with E-state index in [9.17, 15) is 4.79 Å². The zero-order valence-corrected chi connectivity index (χ0v) is 9.42. The molecule has 72 valence electrons. The standard InChI is InChI=1S/C7H6BrNO2.C2H6/c1-4-2-6(8)9-3-5(4)7(10)11;1-2/h2-3H,1H3,(H,10,11);1-2H3. The lowest BCUT2D eigenvalue weighted by Gasteiger charge is -1.98. The molecule has 0 aliphatic carbocycles. The van der Waals surface area contributed by atoms with Crippen molar-refractivity contribution in [3.8, 4) is 0 Å². The number of hydrogen-bond acceptors (Lipinski definition) is 2. The molecule has 0 radical (unpaired) electrons. The van der Waals surface area contributed by atoms with E-state index in [1.807, 2.05) is 13.8 Å². The second-order valence-corrected chi connectivity index (χ2v) is 2.94. The summed E-state index contributed by atoms with van der Waals surface area (Å²) in [5, 5.41) is 8.60. The number of carbonyl (C=O) groups is 1. The first kappa shape index (κ1) is 12.1. The molecule has 13 heavy (non-hydrogen) atoms. The normalized spacial score (nSPS) is 8.62. The molecule has 0 fully saturated rings. The Hall–Kier alpha value is -0.900. The van der Waals surface area contributed by atoms with Crippen LogP contribution in [0.15, 0.2) is 16.9 Å². The number of aryl methyl sites for hydroxylation is 1. The van der Waals surface area contributed by atoms with Gasteiger partial charge >= 0.3 is 5.97 Å². The first-order valence-electron chi connectivity index (χ1n) is 3.96. The molecule has 3 nitrogen and oxygen atoms in total. The Kier molecular flexibility index (Phi) is 5.30. The Morgan fingerprint density at radius 3 is 2.46 bits per heavy atom. The Labute approximate surface area is 85.9 Å². The molecule has 0 unspecified atom stereocenters. The fourth-order valence-electron chi connectivity index (χ4n) is 0.746. The fraction of sp³-hybridized carbons (Fsp3) is 0.333. The SMILES string of the molecule is CC.Cc1cc(Br)ncc1C(=O)O. The highest BCUT2D eigenvalue weighted by Crippen LogP contribution is 2.11. The second kappa shape index (κ2) is 5.70. The number of pyridine rings is 1. The number of carboxylic acid groups (broad SMARTS) is 1. The third-order valence-electron chi connectivity index (χ3n) is 1.31. The van der Waals surface area contributed by atoms with Crippen molar-refractivity contribution in [2.45, 2.75) is 20.8 Å². The molecule has 0 bridgehead atoms. The van der Waals surface area contributed by atoms with E-state index in [0.717, 1.165) is 0 Å². The zero-order valence-electron chi connectivity index (χ0n) is 7.84. The third-order valence-corrected chi connectivity index (χ3v) is 1.74. The molecule has 0 saturated carbocycles. The van der Waals surface area contributed by atoms with Crippen molar-refractivity contribution in [3.63, 3.8) is 0 Å². The van der Waals surface area contributed by atoms with Gasteiger partial charge in [0.15, 0.2) is 0 Å². The molecule has 4 heteroatoms. The minimum atomic E-state index is -0.942. The number of nitrogens with zero attached hydrogens (tertiary/aromatic N) is 1. The summed E-state index contributed by atoms with van der Waals surface area (Å²) in [5.41, 5.74) is 0.951. The Balaban J connectivity index is 0.000000671. The van der Waals surface area contributed by atoms with E-state index in [0.29, 0.717) is 10.2 Å². The number of carboxylic acids is 1. The number of aromatic carboxylic acids is 1. The highest BCUT2D eigenvalue weighted by Gasteiger charge is 2.06. The van der Waals surface area contributed by atoms with Gasteiger partial charge in [0.05, 0.1) is 5.56 Å². The summed E-state index contributed by atoms with van der Waals surface area (Å²) in [6, 6.07) is 1.67. The monoisotopic (exact) mass is 245 g/mol. The third kappa shape index (κ3) is 3.55. The van der Waals surface area contributed by atoms with E-state index in [1.54, 1.807) is 13.0 Å². The molecular formula is C9H12BrNO2. The molecule has 1 rings (SSSR count). The highest BCUT2D eigenvalue weighted by atomic mass is 79.9. The van der Waals surface area contributed by atoms with E-state index >= 15 is 0 Å². The first-order chi connectivity index (χ1) is 6.11. The quantitative estimate of drug-likeness (QED) is 0.775. The van der Waals surface area contributed by atoms with Crippen molar-refractivity contribution in [2.24, 2.45) is 0 Å². The smallest absolute Gasteiger partial charge is 0.337 e. The van der Waals surface area contributed by atoms with Crippen molar-refractivity contribution in [2.75, 3.05) is 0 Å². The van der Waals surface area contributed by atoms with Crippen LogP contribution >= 0.6 is 15.9 Å². The minimum Gasteiger partial charge on any atom is -0.478 e. The summed E-state index contributed by atoms with van der Waals surface area (Å²) in [4.78, 5) is 14.3. The molecule has 0 aliphatic heterocycles. The predicted octanol–water partition coefficient (Wildman–Crippen LogP) is 2.88. The number of hydrogen-bond donors (Lipinski definition) is 1. The lowest BCUT2D eigenvalue weighted by molar-refractivity contribution is 0.0695. The lowest BCUT2D eigenvalue weighted by Crippen LogP contribution is -2.00. The van der Waals surface area contributed by atoms with Crippen LogP contribution in [0.2, 0.25) is 0 Å². The van der Waals surface area contributed by atoms with E-state index in [-0.39, 0.29) is 5.56 Å². The van der Waals surface area contributed by atoms with Crippen LogP contribution < -0.4 is 0 Å². The molecule has 0 atom stereocenters. The van der Waals surface area contributed by atoms with Crippen LogP contribution in [0.4, 0.5) is 0 Å². The molecule has 1 heterocycles. The molecule has 0 spiro atoms. The van der Waals surface area contributed by atoms with Gasteiger partial charge in [-0.1, -0.05) is 13.8 Å². The van der Waals surface area contributed by atoms with Crippen LogP contribution in [0, 0.1) is 6.92 Å². The molecular weight excluding hydrogens is 234 g/mol. The van der Waals surface area contributed by atoms with Gasteiger partial charge in [-0.05, 0) is 34.5 Å². The molecule has 1 aromatic rings. The van der Waals surface area contributed by atoms with Gasteiger partial charge in [-0.3, -0.25) is 0 Å². The van der Waals surface area contributed by atoms with Gasteiger partial charge in [-0.15, -0.1) is 0 Å². The van der Waals surface area contributed by atoms with Gasteiger partial charge in [0, 0.05) is 6.20 Å². The molecule has 0 aromatic carbocycles. The summed E-state index contributed by atoms with van der Waals surface area (Å²) in [6.45, 7) is 5.73. The minimum absolute atomic E-state index is 0.244. The van der Waals surface area contributed by atoms with E-state index in [4.69, 9.17) is 5.11 Å². The summed E-state index contributed by atoms with van der Waals surface area (Å²) in [5.74, 6) is -0.942. The van der Waals surface area contributed by atoms with Crippen molar-refractivity contribution >= 4 is 21.9 Å². The molecule has 1 N–H and O–H groups in total. The largest absolute Gasteiger partial charge is 0.478 e. The topological polar surface area (TPSA) is 50.2 Å². The maximum atomic E-state index is 10.5. The van der Waals surface area contributed by atoms with Crippen molar-refractivity contribution in [1.29, 1.82) is 0 Å². The number of rotatable bonds is 1. The van der Waals surface area contributed by atoms with Gasteiger partial charge < -0.3 is 5.11 Å². The van der Waals surface area contributed by atoms with Gasteiger partial charge in [0.25, 0.3) is 0 Å². The van der Waals surface area contributed by atoms with Crippen LogP contribution in [-0.2, 0) is 0 Å². The summed E-state index contributed by atoms with van der Waals surface area (Å²) >= 11 is 3.14. The predicted molar refractivity (Wildman–Crippen MR) is 55.0 cm³/mol. The van der Waals surface area contributed by atoms with Gasteiger partial charge in [-0.2, -0.15) is 0 Å². The van der Waals surface area contributed by atoms with Crippen LogP contribution in [-0.4, -0.2) is 16.1 Å². The van der Waals surface area contributed by atoms with Crippen molar-refractivity contribution < 1.29 is 9.90 Å². The van der Waals surface area contributed by atoms with E-state index < -0.39 is 5.97 Å². The van der Waals surface area contributed by atoms with Crippen LogP contribution in [0.5, 0.6) is 0 Å². The number of halogens is 1. The molecule has 0 saturated heterocycles. The van der Waals surface area contributed by atoms with E-state index in [1.165, 1.54) is 6.20 Å². The second-order valence-electron chi connectivity index (χ2n) is 2.13. The Morgan fingerprint density at radius 2 is 2.08 bits per heavy atom. The average molecular weight is 246 g/mol. The molecule has 0 amide bonds. The van der Waals surface area contributed by atoms with E-state index in [2.05, 4.69) is 20.9 Å². The lowest BCUT2D eigenvalue weighted by atomic mass is 10.2. The summed E-state index contributed by atoms with van der Waals surface area (Å²) in [7, 11) is 0. The van der Waals surface area contributed by atoms with Gasteiger partial charge in [0.1, 0.15) is 4.60 Å². The Bertz CT molecular complexity index is 300. The van der Waals surface area contributed by atoms with Gasteiger partial charge in [0.2, 0.25) is 0 Å². The highest BCUT2D eigenvalue weighted by molar-refractivity contribution is 9.10. The molecule has 1 aromatic heterocycles. The maximum absolute atomic E-state index is 10.5. The van der Waals surface area contributed by atoms with Crippen LogP contribution in [0.25, 0.3) is 0 Å². The van der Waals surface area contributed by atoms with Crippen LogP contribution in [0.1, 0.15) is 29.8 Å². The Morgan fingerprint density at radius 1 is 1.54 bits per heavy atom. The number of aromatic nitrogens is 1. The van der Waals surface area contributed by atoms with Crippen LogP contribution in [0.3, 0.4) is 0 Å². The zero-order chi connectivity index (χ0) is 10.4. The molecule has 0 aliphatic rings.